The Balaban J connectivity index is 0. The van der Waals surface area contributed by atoms with Gasteiger partial charge in [-0.3, -0.25) is 4.79 Å². The second-order valence-electron chi connectivity index (χ2n) is 1.82. The van der Waals surface area contributed by atoms with Crippen LogP contribution in [0.4, 0.5) is 0 Å². The average molecular weight is 212 g/mol. The maximum atomic E-state index is 9.00. The molecule has 4 N–H and O–H groups in total. The molecule has 0 aromatic carbocycles. The smallest absolute Gasteiger partial charge is 0.300 e. The Morgan fingerprint density at radius 1 is 1.53 bits per heavy atom. The third-order valence-corrected chi connectivity index (χ3v) is 0.602. The lowest BCUT2D eigenvalue weighted by Gasteiger charge is -1.70. The van der Waals surface area contributed by atoms with Crippen molar-refractivity contribution in [2.24, 2.45) is 16.1 Å². The van der Waals surface area contributed by atoms with E-state index in [9.17, 15) is 0 Å². The summed E-state index contributed by atoms with van der Waals surface area (Å²) in [5.74, 6) is 3.66. The molecule has 0 spiro atoms. The summed E-state index contributed by atoms with van der Waals surface area (Å²) < 4.78 is 0. The summed E-state index contributed by atoms with van der Waals surface area (Å²) in [6.07, 6.45) is 5.82. The van der Waals surface area contributed by atoms with Gasteiger partial charge in [0.15, 0.2) is 6.34 Å². The van der Waals surface area contributed by atoms with E-state index in [0.717, 1.165) is 13.3 Å². The number of rotatable bonds is 1. The average Bonchev–Trinajstić information content (AvgIpc) is 2.22. The SMILES string of the molecule is CC(=O)O.N=NC=NN.c1cncnc1. The lowest BCUT2D eigenvalue weighted by atomic mass is 10.7. The fourth-order valence-corrected chi connectivity index (χ4v) is 0.287. The van der Waals surface area contributed by atoms with Crippen molar-refractivity contribution in [3.63, 3.8) is 0 Å². The predicted octanol–water partition coefficient (Wildman–Crippen LogP) is 0.487. The van der Waals surface area contributed by atoms with Gasteiger partial charge >= 0.3 is 0 Å². The molecule has 1 heterocycles. The lowest BCUT2D eigenvalue weighted by molar-refractivity contribution is -0.134. The first kappa shape index (κ1) is 15.1. The minimum absolute atomic E-state index is 0.833. The zero-order valence-corrected chi connectivity index (χ0v) is 8.11. The third-order valence-electron chi connectivity index (χ3n) is 0.602. The molecule has 0 bridgehead atoms. The van der Waals surface area contributed by atoms with Crippen LogP contribution in [0.3, 0.4) is 0 Å². The second-order valence-corrected chi connectivity index (χ2v) is 1.82. The minimum atomic E-state index is -0.833. The maximum Gasteiger partial charge on any atom is 0.300 e. The molecule has 0 saturated heterocycles. The highest BCUT2D eigenvalue weighted by molar-refractivity contribution is 5.62. The van der Waals surface area contributed by atoms with E-state index in [2.05, 4.69) is 26.0 Å². The molecule has 1 rings (SSSR count). The molecule has 82 valence electrons. The molecule has 0 saturated carbocycles. The normalized spacial score (nSPS) is 7.80. The van der Waals surface area contributed by atoms with Crippen molar-refractivity contribution in [1.82, 2.24) is 9.97 Å². The van der Waals surface area contributed by atoms with E-state index in [0.29, 0.717) is 0 Å². The predicted molar refractivity (Wildman–Crippen MR) is 53.2 cm³/mol. The molecule has 8 heteroatoms. The molecule has 0 aliphatic rings. The van der Waals surface area contributed by atoms with E-state index < -0.39 is 5.97 Å². The Labute approximate surface area is 86.4 Å². The number of carboxylic acid groups (broad SMARTS) is 1. The Morgan fingerprint density at radius 2 is 2.00 bits per heavy atom. The molecule has 0 aliphatic carbocycles. The van der Waals surface area contributed by atoms with Crippen molar-refractivity contribution in [3.8, 4) is 0 Å². The number of nitrogens with one attached hydrogen (secondary N) is 1. The minimum Gasteiger partial charge on any atom is -0.481 e. The van der Waals surface area contributed by atoms with Crippen LogP contribution in [0.2, 0.25) is 0 Å². The van der Waals surface area contributed by atoms with Crippen LogP contribution in [-0.2, 0) is 4.79 Å². The van der Waals surface area contributed by atoms with Crippen molar-refractivity contribution >= 4 is 12.3 Å². The fourth-order valence-electron chi connectivity index (χ4n) is 0.287. The molecule has 15 heavy (non-hydrogen) atoms. The van der Waals surface area contributed by atoms with Crippen LogP contribution in [0.1, 0.15) is 6.92 Å². The number of hydrogen-bond donors (Lipinski definition) is 3. The van der Waals surface area contributed by atoms with Crippen LogP contribution in [0.5, 0.6) is 0 Å². The van der Waals surface area contributed by atoms with E-state index >= 15 is 0 Å². The number of nitrogens with zero attached hydrogens (tertiary/aromatic N) is 4. The summed E-state index contributed by atoms with van der Waals surface area (Å²) in [6.45, 7) is 1.08. The molecule has 0 radical (unpaired) electrons. The highest BCUT2D eigenvalue weighted by Crippen LogP contribution is 1.66. The zero-order valence-electron chi connectivity index (χ0n) is 8.11. The quantitative estimate of drug-likeness (QED) is 0.204. The van der Waals surface area contributed by atoms with Crippen LogP contribution in [-0.4, -0.2) is 27.4 Å². The van der Waals surface area contributed by atoms with Gasteiger partial charge in [-0.05, 0) is 6.07 Å². The summed E-state index contributed by atoms with van der Waals surface area (Å²) in [5, 5.41) is 13.0. The van der Waals surface area contributed by atoms with Gasteiger partial charge in [-0.25, -0.2) is 15.5 Å². The van der Waals surface area contributed by atoms with Gasteiger partial charge in [-0.1, -0.05) is 0 Å². The lowest BCUT2D eigenvalue weighted by Crippen LogP contribution is -1.78. The van der Waals surface area contributed by atoms with Gasteiger partial charge in [0.05, 0.1) is 0 Å². The molecule has 1 aromatic rings. The number of carbonyl (C=O) groups is 1. The highest BCUT2D eigenvalue weighted by Gasteiger charge is 1.65. The highest BCUT2D eigenvalue weighted by atomic mass is 16.4. The first-order valence-corrected chi connectivity index (χ1v) is 3.63. The number of nitrogens with two attached hydrogens (primary N) is 1. The molecular formula is C7H12N6O2. The Kier molecular flexibility index (Phi) is 14.3. The second kappa shape index (κ2) is 14.2. The summed E-state index contributed by atoms with van der Waals surface area (Å²) in [5.41, 5.74) is 6.00. The summed E-state index contributed by atoms with van der Waals surface area (Å²) in [4.78, 5) is 16.3. The van der Waals surface area contributed by atoms with E-state index in [1.165, 1.54) is 6.33 Å². The molecule has 0 fully saturated rings. The van der Waals surface area contributed by atoms with Crippen molar-refractivity contribution < 1.29 is 9.90 Å². The van der Waals surface area contributed by atoms with Gasteiger partial charge in [0.1, 0.15) is 6.33 Å². The molecule has 0 atom stereocenters. The number of aliphatic carboxylic acids is 1. The van der Waals surface area contributed by atoms with E-state index in [4.69, 9.17) is 15.4 Å². The molecule has 0 unspecified atom stereocenters. The van der Waals surface area contributed by atoms with Crippen molar-refractivity contribution in [3.05, 3.63) is 24.8 Å². The Hall–Kier alpha value is -2.38. The number of carboxylic acids is 1. The molecule has 0 amide bonds. The van der Waals surface area contributed by atoms with Crippen molar-refractivity contribution in [2.75, 3.05) is 0 Å². The fraction of sp³-hybridized carbons (Fsp3) is 0.143. The van der Waals surface area contributed by atoms with Gasteiger partial charge in [0, 0.05) is 19.3 Å². The zero-order chi connectivity index (χ0) is 11.9. The number of hydrazone groups is 1. The van der Waals surface area contributed by atoms with Crippen LogP contribution < -0.4 is 5.84 Å². The van der Waals surface area contributed by atoms with Gasteiger partial charge < -0.3 is 10.9 Å². The van der Waals surface area contributed by atoms with Gasteiger partial charge in [0.25, 0.3) is 5.97 Å². The van der Waals surface area contributed by atoms with Gasteiger partial charge in [-0.15, -0.1) is 5.11 Å². The standard InChI is InChI=1S/C4H4N2.C2H4O2.CH4N4/c1-2-5-4-6-3-1;1-2(3)4;2-4-1-5-3/h1-4H;1H3,(H,3,4);1-2H,3H2. The topological polar surface area (TPSA) is 138 Å². The van der Waals surface area contributed by atoms with Crippen molar-refractivity contribution in [1.29, 1.82) is 5.53 Å². The van der Waals surface area contributed by atoms with E-state index in [1.54, 1.807) is 18.5 Å². The van der Waals surface area contributed by atoms with E-state index in [1.807, 2.05) is 0 Å². The maximum absolute atomic E-state index is 9.00. The van der Waals surface area contributed by atoms with Crippen LogP contribution in [0.25, 0.3) is 0 Å². The van der Waals surface area contributed by atoms with Gasteiger partial charge in [-0.2, -0.15) is 5.10 Å². The number of hydrogen-bond acceptors (Lipinski definition) is 6. The Bertz CT molecular complexity index is 245. The molecular weight excluding hydrogens is 200 g/mol. The molecule has 8 nitrogen and oxygen atoms in total. The summed E-state index contributed by atoms with van der Waals surface area (Å²) >= 11 is 0. The monoisotopic (exact) mass is 212 g/mol. The largest absolute Gasteiger partial charge is 0.481 e. The Morgan fingerprint density at radius 3 is 2.07 bits per heavy atom. The summed E-state index contributed by atoms with van der Waals surface area (Å²) in [6, 6.07) is 1.78. The summed E-state index contributed by atoms with van der Waals surface area (Å²) in [7, 11) is 0. The van der Waals surface area contributed by atoms with Crippen LogP contribution in [0.15, 0.2) is 35.0 Å². The molecule has 1 aromatic heterocycles. The van der Waals surface area contributed by atoms with Crippen LogP contribution >= 0.6 is 0 Å². The van der Waals surface area contributed by atoms with E-state index in [-0.39, 0.29) is 0 Å². The number of aromatic nitrogens is 2. The molecule has 0 aliphatic heterocycles. The first-order valence-electron chi connectivity index (χ1n) is 3.63. The van der Waals surface area contributed by atoms with Crippen LogP contribution in [0, 0.1) is 5.53 Å². The van der Waals surface area contributed by atoms with Gasteiger partial charge in [0.2, 0.25) is 0 Å². The first-order chi connectivity index (χ1) is 7.15. The van der Waals surface area contributed by atoms with Crippen molar-refractivity contribution in [2.45, 2.75) is 6.92 Å². The third kappa shape index (κ3) is 34.0.